The van der Waals surface area contributed by atoms with Gasteiger partial charge in [0.15, 0.2) is 0 Å². The van der Waals surface area contributed by atoms with Gasteiger partial charge in [0.1, 0.15) is 17.3 Å². The predicted molar refractivity (Wildman–Crippen MR) is 90.3 cm³/mol. The normalized spacial score (nSPS) is 22.4. The van der Waals surface area contributed by atoms with Crippen molar-refractivity contribution in [3.63, 3.8) is 0 Å². The van der Waals surface area contributed by atoms with E-state index in [1.807, 2.05) is 12.1 Å². The third-order valence-electron chi connectivity index (χ3n) is 4.92. The molecule has 0 aromatic heterocycles. The van der Waals surface area contributed by atoms with E-state index in [-0.39, 0.29) is 11.8 Å². The maximum Gasteiger partial charge on any atom is 0.134 e. The molecule has 2 atom stereocenters. The molecule has 0 unspecified atom stereocenters. The van der Waals surface area contributed by atoms with Crippen molar-refractivity contribution in [3.05, 3.63) is 47.2 Å². The van der Waals surface area contributed by atoms with Gasteiger partial charge in [0, 0.05) is 23.8 Å². The van der Waals surface area contributed by atoms with Crippen LogP contribution in [0.5, 0.6) is 11.5 Å². The lowest BCUT2D eigenvalue weighted by Crippen LogP contribution is -2.25. The highest BCUT2D eigenvalue weighted by Gasteiger charge is 2.36. The summed E-state index contributed by atoms with van der Waals surface area (Å²) in [6.45, 7) is 6.25. The molecule has 3 heteroatoms. The van der Waals surface area contributed by atoms with Gasteiger partial charge in [0.25, 0.3) is 0 Å². The zero-order valence-corrected chi connectivity index (χ0v) is 13.6. The van der Waals surface area contributed by atoms with Crippen LogP contribution in [-0.4, -0.2) is 5.11 Å². The molecule has 0 saturated heterocycles. The predicted octanol–water partition coefficient (Wildman–Crippen LogP) is 4.97. The van der Waals surface area contributed by atoms with Crippen LogP contribution in [0.3, 0.4) is 0 Å². The second kappa shape index (κ2) is 6.50. The van der Waals surface area contributed by atoms with E-state index in [1.165, 1.54) is 5.57 Å². The molecule has 0 saturated carbocycles. The summed E-state index contributed by atoms with van der Waals surface area (Å²) in [4.78, 5) is 0. The van der Waals surface area contributed by atoms with Crippen molar-refractivity contribution in [1.82, 2.24) is 0 Å². The number of hydrogen-bond acceptors (Lipinski definition) is 3. The average molecular weight is 309 g/mol. The standard InChI is InChI=1S/C20H23NO2/c1-13-7-8-16-14(2)23-19-12-15(6-4-3-5-9-21)11-18(22)20(19)17(16)10-13/h10-12,16-17,22H,2-8H2,1H3/t16-,17+/m0/s1. The van der Waals surface area contributed by atoms with Gasteiger partial charge in [-0.1, -0.05) is 18.2 Å². The Bertz CT molecular complexity index is 696. The summed E-state index contributed by atoms with van der Waals surface area (Å²) in [7, 11) is 0. The first-order chi connectivity index (χ1) is 11.1. The van der Waals surface area contributed by atoms with Crippen molar-refractivity contribution in [2.75, 3.05) is 0 Å². The van der Waals surface area contributed by atoms with Crippen LogP contribution >= 0.6 is 0 Å². The monoisotopic (exact) mass is 309 g/mol. The molecule has 0 bridgehead atoms. The van der Waals surface area contributed by atoms with Crippen LogP contribution in [0.2, 0.25) is 0 Å². The number of rotatable bonds is 4. The number of hydrogen-bond donors (Lipinski definition) is 1. The number of phenolic OH excluding ortho intramolecular Hbond substituents is 1. The molecule has 0 amide bonds. The molecule has 1 N–H and O–H groups in total. The molecule has 0 fully saturated rings. The molecule has 0 spiro atoms. The average Bonchev–Trinajstić information content (AvgIpc) is 2.51. The second-order valence-electron chi connectivity index (χ2n) is 6.64. The van der Waals surface area contributed by atoms with Crippen LogP contribution in [-0.2, 0) is 6.42 Å². The van der Waals surface area contributed by atoms with E-state index in [2.05, 4.69) is 25.6 Å². The summed E-state index contributed by atoms with van der Waals surface area (Å²) in [6.07, 6.45) is 7.61. The van der Waals surface area contributed by atoms with Crippen molar-refractivity contribution in [1.29, 1.82) is 5.26 Å². The van der Waals surface area contributed by atoms with Gasteiger partial charge in [-0.25, -0.2) is 0 Å². The Kier molecular flexibility index (Phi) is 4.43. The Morgan fingerprint density at radius 3 is 3.00 bits per heavy atom. The van der Waals surface area contributed by atoms with Gasteiger partial charge >= 0.3 is 0 Å². The highest BCUT2D eigenvalue weighted by atomic mass is 16.5. The Labute approximate surface area is 137 Å². The molecule has 3 nitrogen and oxygen atoms in total. The van der Waals surface area contributed by atoms with Gasteiger partial charge in [-0.15, -0.1) is 0 Å². The topological polar surface area (TPSA) is 53.2 Å². The maximum absolute atomic E-state index is 10.6. The summed E-state index contributed by atoms with van der Waals surface area (Å²) in [6, 6.07) is 6.05. The van der Waals surface area contributed by atoms with Gasteiger partial charge in [-0.05, 0) is 56.7 Å². The highest BCUT2D eigenvalue weighted by Crippen LogP contribution is 2.51. The fourth-order valence-corrected chi connectivity index (χ4v) is 3.70. The van der Waals surface area contributed by atoms with Crippen molar-refractivity contribution in [3.8, 4) is 17.6 Å². The molecule has 0 radical (unpaired) electrons. The SMILES string of the molecule is C=C1Oc2cc(CCCCC#N)cc(O)c2[C@@H]2C=C(C)CC[C@@H]12. The Hall–Kier alpha value is -2.21. The lowest BCUT2D eigenvalue weighted by Gasteiger charge is -2.37. The summed E-state index contributed by atoms with van der Waals surface area (Å²) in [5.74, 6) is 2.32. The molecule has 1 aromatic carbocycles. The number of benzene rings is 1. The van der Waals surface area contributed by atoms with E-state index in [9.17, 15) is 5.11 Å². The molecule has 1 heterocycles. The number of unbranched alkanes of at least 4 members (excludes halogenated alkanes) is 2. The summed E-state index contributed by atoms with van der Waals surface area (Å²) in [5, 5.41) is 19.2. The van der Waals surface area contributed by atoms with E-state index >= 15 is 0 Å². The molecule has 2 aliphatic rings. The molecule has 1 aromatic rings. The minimum atomic E-state index is 0.174. The minimum Gasteiger partial charge on any atom is -0.507 e. The first kappa shape index (κ1) is 15.7. The third-order valence-corrected chi connectivity index (χ3v) is 4.92. The largest absolute Gasteiger partial charge is 0.507 e. The molecule has 1 aliphatic heterocycles. The maximum atomic E-state index is 10.6. The van der Waals surface area contributed by atoms with Gasteiger partial charge in [0.2, 0.25) is 0 Å². The smallest absolute Gasteiger partial charge is 0.134 e. The third kappa shape index (κ3) is 3.12. The van der Waals surface area contributed by atoms with Gasteiger partial charge in [-0.3, -0.25) is 0 Å². The van der Waals surface area contributed by atoms with Crippen LogP contribution in [0.25, 0.3) is 0 Å². The quantitative estimate of drug-likeness (QED) is 0.630. The molecular formula is C20H23NO2. The Morgan fingerprint density at radius 1 is 1.39 bits per heavy atom. The zero-order valence-electron chi connectivity index (χ0n) is 13.6. The van der Waals surface area contributed by atoms with Crippen LogP contribution in [0.4, 0.5) is 0 Å². The summed E-state index contributed by atoms with van der Waals surface area (Å²) >= 11 is 0. The molecule has 1 aliphatic carbocycles. The zero-order chi connectivity index (χ0) is 16.4. The second-order valence-corrected chi connectivity index (χ2v) is 6.64. The summed E-state index contributed by atoms with van der Waals surface area (Å²) in [5.41, 5.74) is 3.33. The Morgan fingerprint density at radius 2 is 2.22 bits per heavy atom. The number of allylic oxidation sites excluding steroid dienone is 3. The number of aryl methyl sites for hydroxylation is 1. The number of phenols is 1. The van der Waals surface area contributed by atoms with E-state index in [0.29, 0.717) is 12.2 Å². The van der Waals surface area contributed by atoms with Gasteiger partial charge < -0.3 is 9.84 Å². The van der Waals surface area contributed by atoms with Crippen LogP contribution in [0.1, 0.15) is 56.1 Å². The molecule has 23 heavy (non-hydrogen) atoms. The number of ether oxygens (including phenoxy) is 1. The number of nitriles is 1. The lowest BCUT2D eigenvalue weighted by atomic mass is 9.74. The van der Waals surface area contributed by atoms with Gasteiger partial charge in [0.05, 0.1) is 6.07 Å². The van der Waals surface area contributed by atoms with Crippen molar-refractivity contribution < 1.29 is 9.84 Å². The highest BCUT2D eigenvalue weighted by molar-refractivity contribution is 5.54. The van der Waals surface area contributed by atoms with E-state index in [1.54, 1.807) is 0 Å². The van der Waals surface area contributed by atoms with E-state index < -0.39 is 0 Å². The number of nitrogens with zero attached hydrogens (tertiary/aromatic N) is 1. The van der Waals surface area contributed by atoms with Crippen molar-refractivity contribution in [2.45, 2.75) is 51.4 Å². The van der Waals surface area contributed by atoms with Crippen LogP contribution in [0.15, 0.2) is 36.1 Å². The lowest BCUT2D eigenvalue weighted by molar-refractivity contribution is 0.275. The molecular weight excluding hydrogens is 286 g/mol. The minimum absolute atomic E-state index is 0.174. The fourth-order valence-electron chi connectivity index (χ4n) is 3.70. The van der Waals surface area contributed by atoms with Crippen LogP contribution in [0, 0.1) is 17.2 Å². The number of fused-ring (bicyclic) bond motifs is 3. The van der Waals surface area contributed by atoms with Crippen molar-refractivity contribution in [2.24, 2.45) is 5.92 Å². The summed E-state index contributed by atoms with van der Waals surface area (Å²) < 4.78 is 5.95. The fraction of sp³-hybridized carbons (Fsp3) is 0.450. The molecule has 120 valence electrons. The number of aromatic hydroxyl groups is 1. The first-order valence-corrected chi connectivity index (χ1v) is 8.37. The first-order valence-electron chi connectivity index (χ1n) is 8.37. The van der Waals surface area contributed by atoms with Crippen molar-refractivity contribution >= 4 is 0 Å². The van der Waals surface area contributed by atoms with E-state index in [4.69, 9.17) is 10.00 Å². The van der Waals surface area contributed by atoms with E-state index in [0.717, 1.165) is 54.7 Å². The van der Waals surface area contributed by atoms with Gasteiger partial charge in [-0.2, -0.15) is 5.26 Å². The Balaban J connectivity index is 1.89. The van der Waals surface area contributed by atoms with Crippen LogP contribution < -0.4 is 4.74 Å². The molecule has 3 rings (SSSR count).